The quantitative estimate of drug-likeness (QED) is 0.754. The van der Waals surface area contributed by atoms with Crippen molar-refractivity contribution in [1.82, 2.24) is 4.90 Å². The number of nitrogens with zero attached hydrogens (tertiary/aromatic N) is 1. The first-order chi connectivity index (χ1) is 7.46. The standard InChI is InChI=1S/C10H18N2O3S/c1-3-10(11,4-2)9(15)12-6-16-5-7(12)8(13)14/h7H,3-6,11H2,1-2H3,(H,13,14)/t7-/m0/s1. The van der Waals surface area contributed by atoms with Gasteiger partial charge < -0.3 is 15.7 Å². The summed E-state index contributed by atoms with van der Waals surface area (Å²) in [6, 6.07) is -0.724. The molecule has 0 spiro atoms. The SMILES string of the molecule is CCC(N)(CC)C(=O)N1CSC[C@H]1C(=O)O. The van der Waals surface area contributed by atoms with Gasteiger partial charge in [-0.2, -0.15) is 0 Å². The van der Waals surface area contributed by atoms with Crippen LogP contribution in [-0.2, 0) is 9.59 Å². The fraction of sp³-hybridized carbons (Fsp3) is 0.800. The van der Waals surface area contributed by atoms with Gasteiger partial charge in [0.05, 0.1) is 11.4 Å². The Morgan fingerprint density at radius 2 is 2.06 bits per heavy atom. The first kappa shape index (κ1) is 13.3. The van der Waals surface area contributed by atoms with Gasteiger partial charge in [-0.15, -0.1) is 11.8 Å². The van der Waals surface area contributed by atoms with E-state index in [-0.39, 0.29) is 5.91 Å². The van der Waals surface area contributed by atoms with E-state index in [1.54, 1.807) is 0 Å². The predicted molar refractivity (Wildman–Crippen MR) is 63.1 cm³/mol. The van der Waals surface area contributed by atoms with Crippen LogP contribution < -0.4 is 5.73 Å². The average molecular weight is 246 g/mol. The van der Waals surface area contributed by atoms with Gasteiger partial charge in [0.2, 0.25) is 5.91 Å². The van der Waals surface area contributed by atoms with Crippen molar-refractivity contribution in [3.8, 4) is 0 Å². The predicted octanol–water partition coefficient (Wildman–Crippen LogP) is 0.490. The Morgan fingerprint density at radius 3 is 2.50 bits per heavy atom. The molecule has 1 heterocycles. The molecule has 6 heteroatoms. The number of thioether (sulfide) groups is 1. The third-order valence-electron chi connectivity index (χ3n) is 3.12. The summed E-state index contributed by atoms with van der Waals surface area (Å²) in [6.45, 7) is 3.70. The number of hydrogen-bond acceptors (Lipinski definition) is 4. The Morgan fingerprint density at radius 1 is 1.50 bits per heavy atom. The summed E-state index contributed by atoms with van der Waals surface area (Å²) in [6.07, 6.45) is 1.05. The highest BCUT2D eigenvalue weighted by Gasteiger charge is 2.42. The van der Waals surface area contributed by atoms with Crippen LogP contribution in [0, 0.1) is 0 Å². The molecule has 0 aromatic carbocycles. The molecule has 0 aliphatic carbocycles. The Labute approximate surface area is 99.4 Å². The fourth-order valence-electron chi connectivity index (χ4n) is 1.69. The van der Waals surface area contributed by atoms with Gasteiger partial charge in [-0.05, 0) is 12.8 Å². The molecule has 0 saturated carbocycles. The molecular weight excluding hydrogens is 228 g/mol. The molecule has 1 fully saturated rings. The van der Waals surface area contributed by atoms with Gasteiger partial charge in [0.1, 0.15) is 6.04 Å². The van der Waals surface area contributed by atoms with E-state index in [0.717, 1.165) is 0 Å². The number of carbonyl (C=O) groups is 2. The lowest BCUT2D eigenvalue weighted by atomic mass is 9.92. The van der Waals surface area contributed by atoms with Crippen molar-refractivity contribution in [3.63, 3.8) is 0 Å². The summed E-state index contributed by atoms with van der Waals surface area (Å²) in [4.78, 5) is 24.5. The molecule has 5 nitrogen and oxygen atoms in total. The van der Waals surface area contributed by atoms with Gasteiger partial charge in [-0.3, -0.25) is 4.79 Å². The van der Waals surface area contributed by atoms with Crippen molar-refractivity contribution >= 4 is 23.6 Å². The van der Waals surface area contributed by atoms with Crippen molar-refractivity contribution in [2.45, 2.75) is 38.3 Å². The topological polar surface area (TPSA) is 83.6 Å². The summed E-state index contributed by atoms with van der Waals surface area (Å²) < 4.78 is 0. The maximum Gasteiger partial charge on any atom is 0.327 e. The van der Waals surface area contributed by atoms with E-state index in [1.165, 1.54) is 16.7 Å². The Bertz CT molecular complexity index is 292. The van der Waals surface area contributed by atoms with Crippen molar-refractivity contribution in [2.75, 3.05) is 11.6 Å². The number of carboxylic acid groups (broad SMARTS) is 1. The molecule has 0 aromatic rings. The van der Waals surface area contributed by atoms with Crippen LogP contribution in [-0.4, -0.2) is 45.1 Å². The van der Waals surface area contributed by atoms with Crippen molar-refractivity contribution in [3.05, 3.63) is 0 Å². The third-order valence-corrected chi connectivity index (χ3v) is 4.13. The average Bonchev–Trinajstić information content (AvgIpc) is 2.75. The number of amides is 1. The molecule has 16 heavy (non-hydrogen) atoms. The second kappa shape index (κ2) is 5.05. The smallest absolute Gasteiger partial charge is 0.327 e. The van der Waals surface area contributed by atoms with Crippen LogP contribution in [0.15, 0.2) is 0 Å². The minimum atomic E-state index is -0.951. The van der Waals surface area contributed by atoms with E-state index in [2.05, 4.69) is 0 Å². The van der Waals surface area contributed by atoms with E-state index in [9.17, 15) is 9.59 Å². The van der Waals surface area contributed by atoms with Crippen molar-refractivity contribution in [2.24, 2.45) is 5.73 Å². The van der Waals surface area contributed by atoms with Crippen LogP contribution in [0.4, 0.5) is 0 Å². The second-order valence-electron chi connectivity index (χ2n) is 3.99. The maximum absolute atomic E-state index is 12.2. The minimum absolute atomic E-state index is 0.241. The second-order valence-corrected chi connectivity index (χ2v) is 4.99. The lowest BCUT2D eigenvalue weighted by Crippen LogP contribution is -2.57. The number of carbonyl (C=O) groups excluding carboxylic acids is 1. The van der Waals surface area contributed by atoms with Crippen LogP contribution in [0.1, 0.15) is 26.7 Å². The summed E-state index contributed by atoms with van der Waals surface area (Å²) in [7, 11) is 0. The lowest BCUT2D eigenvalue weighted by Gasteiger charge is -2.32. The lowest BCUT2D eigenvalue weighted by molar-refractivity contribution is -0.150. The van der Waals surface area contributed by atoms with Gasteiger partial charge in [0, 0.05) is 5.75 Å². The van der Waals surface area contributed by atoms with Crippen LogP contribution in [0.5, 0.6) is 0 Å². The normalized spacial score (nSPS) is 21.2. The maximum atomic E-state index is 12.2. The Kier molecular flexibility index (Phi) is 4.21. The number of aliphatic carboxylic acids is 1. The van der Waals surface area contributed by atoms with Crippen LogP contribution in [0.25, 0.3) is 0 Å². The van der Waals surface area contributed by atoms with E-state index in [1.807, 2.05) is 13.8 Å². The van der Waals surface area contributed by atoms with Crippen LogP contribution in [0.2, 0.25) is 0 Å². The summed E-state index contributed by atoms with van der Waals surface area (Å²) in [5, 5.41) is 9.00. The third kappa shape index (κ3) is 2.32. The van der Waals surface area contributed by atoms with Gasteiger partial charge in [0.15, 0.2) is 0 Å². The fourth-order valence-corrected chi connectivity index (χ4v) is 2.83. The van der Waals surface area contributed by atoms with Crippen LogP contribution >= 0.6 is 11.8 Å². The highest BCUT2D eigenvalue weighted by Crippen LogP contribution is 2.26. The first-order valence-electron chi connectivity index (χ1n) is 5.36. The molecule has 1 aliphatic heterocycles. The largest absolute Gasteiger partial charge is 0.480 e. The molecule has 0 radical (unpaired) electrons. The Balaban J connectivity index is 2.84. The highest BCUT2D eigenvalue weighted by molar-refractivity contribution is 7.99. The Hall–Kier alpha value is -0.750. The van der Waals surface area contributed by atoms with E-state index in [4.69, 9.17) is 10.8 Å². The molecule has 1 aliphatic rings. The summed E-state index contributed by atoms with van der Waals surface area (Å²) >= 11 is 1.45. The van der Waals surface area contributed by atoms with Gasteiger partial charge in [-0.25, -0.2) is 4.79 Å². The minimum Gasteiger partial charge on any atom is -0.480 e. The summed E-state index contributed by atoms with van der Waals surface area (Å²) in [5.41, 5.74) is 5.07. The molecule has 1 rings (SSSR count). The first-order valence-corrected chi connectivity index (χ1v) is 6.52. The highest BCUT2D eigenvalue weighted by atomic mass is 32.2. The number of nitrogens with two attached hydrogens (primary N) is 1. The molecule has 0 unspecified atom stereocenters. The van der Waals surface area contributed by atoms with Crippen molar-refractivity contribution < 1.29 is 14.7 Å². The molecule has 1 saturated heterocycles. The molecule has 1 amide bonds. The van der Waals surface area contributed by atoms with E-state index >= 15 is 0 Å². The molecule has 1 atom stereocenters. The van der Waals surface area contributed by atoms with Gasteiger partial charge >= 0.3 is 5.97 Å². The number of carboxylic acids is 1. The molecule has 0 aromatic heterocycles. The summed E-state index contributed by atoms with van der Waals surface area (Å²) in [5.74, 6) is -0.318. The number of rotatable bonds is 4. The van der Waals surface area contributed by atoms with E-state index in [0.29, 0.717) is 24.5 Å². The molecule has 3 N–H and O–H groups in total. The van der Waals surface area contributed by atoms with Gasteiger partial charge in [-0.1, -0.05) is 13.8 Å². The molecular formula is C10H18N2O3S. The number of hydrogen-bond donors (Lipinski definition) is 2. The zero-order valence-electron chi connectivity index (χ0n) is 9.60. The molecule has 92 valence electrons. The van der Waals surface area contributed by atoms with E-state index < -0.39 is 17.6 Å². The van der Waals surface area contributed by atoms with Crippen LogP contribution in [0.3, 0.4) is 0 Å². The molecule has 0 bridgehead atoms. The van der Waals surface area contributed by atoms with Crippen molar-refractivity contribution in [1.29, 1.82) is 0 Å². The van der Waals surface area contributed by atoms with Gasteiger partial charge in [0.25, 0.3) is 0 Å². The zero-order valence-corrected chi connectivity index (χ0v) is 10.4. The monoisotopic (exact) mass is 246 g/mol. The zero-order chi connectivity index (χ0) is 12.3.